The normalized spacial score (nSPS) is 12.0. The van der Waals surface area contributed by atoms with Crippen molar-refractivity contribution >= 4 is 23.4 Å². The van der Waals surface area contributed by atoms with Crippen LogP contribution in [0.3, 0.4) is 0 Å². The standard InChI is InChI=1S/C13H19FN2OS/c1-9(18-3)7-8-16-13(17)10-5-4-6-11(14)12(10)15-2/h4-6,9,15H,7-8H2,1-3H3,(H,16,17). The lowest BCUT2D eigenvalue weighted by Crippen LogP contribution is -2.27. The zero-order chi connectivity index (χ0) is 13.5. The van der Waals surface area contributed by atoms with Crippen molar-refractivity contribution in [3.05, 3.63) is 29.6 Å². The lowest BCUT2D eigenvalue weighted by Gasteiger charge is -2.12. The number of carbonyl (C=O) groups is 1. The van der Waals surface area contributed by atoms with Crippen molar-refractivity contribution in [2.24, 2.45) is 0 Å². The first kappa shape index (κ1) is 14.8. The summed E-state index contributed by atoms with van der Waals surface area (Å²) in [6.45, 7) is 2.71. The zero-order valence-corrected chi connectivity index (χ0v) is 11.7. The Labute approximate surface area is 112 Å². The molecule has 1 unspecified atom stereocenters. The van der Waals surface area contributed by atoms with E-state index >= 15 is 0 Å². The van der Waals surface area contributed by atoms with E-state index in [4.69, 9.17) is 0 Å². The Morgan fingerprint density at radius 3 is 2.83 bits per heavy atom. The molecule has 1 atom stereocenters. The molecule has 1 aromatic carbocycles. The average Bonchev–Trinajstić information content (AvgIpc) is 2.37. The minimum absolute atomic E-state index is 0.243. The zero-order valence-electron chi connectivity index (χ0n) is 10.9. The predicted octanol–water partition coefficient (Wildman–Crippen LogP) is 2.74. The van der Waals surface area contributed by atoms with Crippen LogP contribution in [0.25, 0.3) is 0 Å². The number of hydrogen-bond acceptors (Lipinski definition) is 3. The summed E-state index contributed by atoms with van der Waals surface area (Å²) in [6.07, 6.45) is 2.94. The third-order valence-electron chi connectivity index (χ3n) is 2.75. The lowest BCUT2D eigenvalue weighted by atomic mass is 10.1. The van der Waals surface area contributed by atoms with Gasteiger partial charge in [-0.1, -0.05) is 13.0 Å². The molecule has 0 saturated heterocycles. The number of nitrogens with one attached hydrogen (secondary N) is 2. The first-order chi connectivity index (χ1) is 8.60. The van der Waals surface area contributed by atoms with E-state index in [1.165, 1.54) is 12.1 Å². The first-order valence-corrected chi connectivity index (χ1v) is 7.16. The van der Waals surface area contributed by atoms with E-state index in [0.717, 1.165) is 6.42 Å². The predicted molar refractivity (Wildman–Crippen MR) is 75.9 cm³/mol. The number of anilines is 1. The Morgan fingerprint density at radius 2 is 2.22 bits per heavy atom. The molecule has 100 valence electrons. The molecule has 0 fully saturated rings. The van der Waals surface area contributed by atoms with Crippen molar-refractivity contribution in [1.29, 1.82) is 0 Å². The van der Waals surface area contributed by atoms with Crippen molar-refractivity contribution in [1.82, 2.24) is 5.32 Å². The quantitative estimate of drug-likeness (QED) is 0.835. The van der Waals surface area contributed by atoms with E-state index in [1.807, 2.05) is 6.26 Å². The molecule has 0 aromatic heterocycles. The molecule has 0 aliphatic carbocycles. The number of rotatable bonds is 6. The van der Waals surface area contributed by atoms with Crippen molar-refractivity contribution in [2.45, 2.75) is 18.6 Å². The Hall–Kier alpha value is -1.23. The van der Waals surface area contributed by atoms with E-state index in [2.05, 4.69) is 17.6 Å². The van der Waals surface area contributed by atoms with Crippen LogP contribution < -0.4 is 10.6 Å². The summed E-state index contributed by atoms with van der Waals surface area (Å²) in [5, 5.41) is 6.02. The maximum atomic E-state index is 13.5. The van der Waals surface area contributed by atoms with Crippen LogP contribution in [-0.2, 0) is 0 Å². The minimum Gasteiger partial charge on any atom is -0.385 e. The van der Waals surface area contributed by atoms with Crippen LogP contribution in [0.1, 0.15) is 23.7 Å². The summed E-state index contributed by atoms with van der Waals surface area (Å²) in [7, 11) is 1.60. The number of carbonyl (C=O) groups excluding carboxylic acids is 1. The minimum atomic E-state index is -0.414. The van der Waals surface area contributed by atoms with Gasteiger partial charge in [-0.3, -0.25) is 4.79 Å². The molecule has 0 saturated carbocycles. The fourth-order valence-corrected chi connectivity index (χ4v) is 1.92. The average molecular weight is 270 g/mol. The van der Waals surface area contributed by atoms with E-state index in [0.29, 0.717) is 17.4 Å². The molecule has 1 rings (SSSR count). The lowest BCUT2D eigenvalue weighted by molar-refractivity contribution is 0.0954. The Morgan fingerprint density at radius 1 is 1.50 bits per heavy atom. The molecule has 0 aliphatic rings. The van der Waals surface area contributed by atoms with E-state index in [9.17, 15) is 9.18 Å². The molecular formula is C13H19FN2OS. The smallest absolute Gasteiger partial charge is 0.253 e. The fourth-order valence-electron chi connectivity index (χ4n) is 1.57. The van der Waals surface area contributed by atoms with Crippen LogP contribution in [0.2, 0.25) is 0 Å². The number of amides is 1. The van der Waals surface area contributed by atoms with Gasteiger partial charge in [0.25, 0.3) is 5.91 Å². The first-order valence-electron chi connectivity index (χ1n) is 5.87. The van der Waals surface area contributed by atoms with Crippen LogP contribution in [0.15, 0.2) is 18.2 Å². The molecule has 2 N–H and O–H groups in total. The number of thioether (sulfide) groups is 1. The van der Waals surface area contributed by atoms with E-state index in [1.54, 1.807) is 24.9 Å². The van der Waals surface area contributed by atoms with Gasteiger partial charge in [0, 0.05) is 18.8 Å². The number of halogens is 1. The summed E-state index contributed by atoms with van der Waals surface area (Å²) in [4.78, 5) is 11.9. The topological polar surface area (TPSA) is 41.1 Å². The molecule has 0 bridgehead atoms. The number of para-hydroxylation sites is 1. The fraction of sp³-hybridized carbons (Fsp3) is 0.462. The summed E-state index contributed by atoms with van der Waals surface area (Å²) in [5.74, 6) is -0.658. The summed E-state index contributed by atoms with van der Waals surface area (Å²) in [6, 6.07) is 4.48. The number of hydrogen-bond donors (Lipinski definition) is 2. The van der Waals surface area contributed by atoms with E-state index in [-0.39, 0.29) is 11.6 Å². The molecule has 0 radical (unpaired) electrons. The van der Waals surface area contributed by atoms with Crippen LogP contribution >= 0.6 is 11.8 Å². The van der Waals surface area contributed by atoms with Crippen LogP contribution in [0, 0.1) is 5.82 Å². The summed E-state index contributed by atoms with van der Waals surface area (Å²) >= 11 is 1.76. The van der Waals surface area contributed by atoms with Gasteiger partial charge in [0.1, 0.15) is 5.82 Å². The summed E-state index contributed by atoms with van der Waals surface area (Å²) < 4.78 is 13.5. The second-order valence-corrected chi connectivity index (χ2v) is 5.28. The molecule has 5 heteroatoms. The highest BCUT2D eigenvalue weighted by atomic mass is 32.2. The molecule has 0 heterocycles. The van der Waals surface area contributed by atoms with Gasteiger partial charge in [0.2, 0.25) is 0 Å². The monoisotopic (exact) mass is 270 g/mol. The van der Waals surface area contributed by atoms with Gasteiger partial charge in [-0.25, -0.2) is 4.39 Å². The highest BCUT2D eigenvalue weighted by Gasteiger charge is 2.13. The maximum absolute atomic E-state index is 13.5. The Bertz CT molecular complexity index is 412. The van der Waals surface area contributed by atoms with Crippen LogP contribution in [0.4, 0.5) is 10.1 Å². The molecular weight excluding hydrogens is 251 g/mol. The van der Waals surface area contributed by atoms with Crippen molar-refractivity contribution in [2.75, 3.05) is 25.2 Å². The summed E-state index contributed by atoms with van der Waals surface area (Å²) in [5.41, 5.74) is 0.585. The van der Waals surface area contributed by atoms with Crippen LogP contribution in [0.5, 0.6) is 0 Å². The highest BCUT2D eigenvalue weighted by Crippen LogP contribution is 2.19. The molecule has 0 spiro atoms. The maximum Gasteiger partial charge on any atom is 0.253 e. The van der Waals surface area contributed by atoms with Gasteiger partial charge >= 0.3 is 0 Å². The van der Waals surface area contributed by atoms with Crippen molar-refractivity contribution in [3.8, 4) is 0 Å². The van der Waals surface area contributed by atoms with E-state index < -0.39 is 5.82 Å². The molecule has 18 heavy (non-hydrogen) atoms. The third kappa shape index (κ3) is 3.91. The van der Waals surface area contributed by atoms with Gasteiger partial charge in [-0.15, -0.1) is 0 Å². The van der Waals surface area contributed by atoms with Crippen molar-refractivity contribution in [3.63, 3.8) is 0 Å². The van der Waals surface area contributed by atoms with Gasteiger partial charge in [0.15, 0.2) is 0 Å². The molecule has 0 aliphatic heterocycles. The molecule has 3 nitrogen and oxygen atoms in total. The second kappa shape index (κ2) is 7.26. The van der Waals surface area contributed by atoms with Gasteiger partial charge < -0.3 is 10.6 Å². The highest BCUT2D eigenvalue weighted by molar-refractivity contribution is 7.99. The Kier molecular flexibility index (Phi) is 5.98. The van der Waals surface area contributed by atoms with Gasteiger partial charge in [0.05, 0.1) is 11.3 Å². The van der Waals surface area contributed by atoms with Crippen LogP contribution in [-0.4, -0.2) is 31.0 Å². The molecule has 1 amide bonds. The number of benzene rings is 1. The second-order valence-electron chi connectivity index (χ2n) is 4.00. The SMILES string of the molecule is CNc1c(F)cccc1C(=O)NCCC(C)SC. The van der Waals surface area contributed by atoms with Gasteiger partial charge in [-0.05, 0) is 24.8 Å². The van der Waals surface area contributed by atoms with Crippen molar-refractivity contribution < 1.29 is 9.18 Å². The third-order valence-corrected chi connectivity index (χ3v) is 3.79. The van der Waals surface area contributed by atoms with Gasteiger partial charge in [-0.2, -0.15) is 11.8 Å². The largest absolute Gasteiger partial charge is 0.385 e. The Balaban J connectivity index is 2.64. The molecule has 1 aromatic rings.